The highest BCUT2D eigenvalue weighted by Gasteiger charge is 2.54. The van der Waals surface area contributed by atoms with Crippen molar-refractivity contribution in [2.75, 3.05) is 19.0 Å². The summed E-state index contributed by atoms with van der Waals surface area (Å²) < 4.78 is 34.9. The molecular weight excluding hydrogens is 430 g/mol. The summed E-state index contributed by atoms with van der Waals surface area (Å²) in [5, 5.41) is 2.87. The Morgan fingerprint density at radius 3 is 2.37 bits per heavy atom. The van der Waals surface area contributed by atoms with Gasteiger partial charge in [-0.15, -0.1) is 0 Å². The molecule has 0 saturated heterocycles. The van der Waals surface area contributed by atoms with E-state index in [9.17, 15) is 18.0 Å². The second-order valence-corrected chi connectivity index (χ2v) is 9.66. The Morgan fingerprint density at radius 2 is 1.77 bits per heavy atom. The average molecular weight is 452 g/mol. The Morgan fingerprint density at radius 1 is 1.10 bits per heavy atom. The van der Waals surface area contributed by atoms with Gasteiger partial charge in [0.05, 0.1) is 17.0 Å². The summed E-state index contributed by atoms with van der Waals surface area (Å²) in [6.45, 7) is -0.603. The molecule has 1 saturated carbocycles. The number of carbonyl (C=O) groups excluding carboxylic acids is 2. The number of ether oxygens (including phenoxy) is 2. The Kier molecular flexibility index (Phi) is 6.67. The molecule has 1 aliphatic carbocycles. The van der Waals surface area contributed by atoms with Crippen LogP contribution in [-0.2, 0) is 24.2 Å². The number of hydrogen-bond acceptors (Lipinski definition) is 6. The van der Waals surface area contributed by atoms with Crippen molar-refractivity contribution in [3.8, 4) is 5.75 Å². The molecule has 3 rings (SSSR count). The van der Waals surface area contributed by atoms with Gasteiger partial charge < -0.3 is 14.8 Å². The highest BCUT2D eigenvalue weighted by Crippen LogP contribution is 2.41. The van der Waals surface area contributed by atoms with Crippen LogP contribution in [0.2, 0.25) is 5.02 Å². The second kappa shape index (κ2) is 9.06. The van der Waals surface area contributed by atoms with Gasteiger partial charge in [0.25, 0.3) is 5.91 Å². The maximum absolute atomic E-state index is 13.2. The third kappa shape index (κ3) is 4.29. The molecular formula is C21H22ClNO6S. The number of hydrogen-bond donors (Lipinski definition) is 1. The molecule has 0 heterocycles. The quantitative estimate of drug-likeness (QED) is 0.645. The monoisotopic (exact) mass is 451 g/mol. The summed E-state index contributed by atoms with van der Waals surface area (Å²) in [5.74, 6) is -1.04. The van der Waals surface area contributed by atoms with E-state index in [2.05, 4.69) is 5.32 Å². The number of methoxy groups -OCH3 is 1. The number of sulfone groups is 1. The van der Waals surface area contributed by atoms with Crippen LogP contribution in [0.15, 0.2) is 53.4 Å². The maximum Gasteiger partial charge on any atom is 0.328 e. The number of halogens is 1. The van der Waals surface area contributed by atoms with Crippen LogP contribution in [0.25, 0.3) is 0 Å². The van der Waals surface area contributed by atoms with Gasteiger partial charge >= 0.3 is 5.97 Å². The van der Waals surface area contributed by atoms with E-state index >= 15 is 0 Å². The van der Waals surface area contributed by atoms with E-state index in [0.29, 0.717) is 29.3 Å². The lowest BCUT2D eigenvalue weighted by Gasteiger charge is -2.26. The number of carbonyl (C=O) groups is 2. The molecule has 1 aliphatic rings. The Balaban J connectivity index is 1.70. The fourth-order valence-corrected chi connectivity index (χ4v) is 5.89. The normalized spacial score (nSPS) is 15.4. The molecule has 160 valence electrons. The van der Waals surface area contributed by atoms with E-state index < -0.39 is 33.1 Å². The fraction of sp³-hybridized carbons (Fsp3) is 0.333. The van der Waals surface area contributed by atoms with E-state index in [0.717, 1.165) is 0 Å². The van der Waals surface area contributed by atoms with E-state index in [1.807, 2.05) is 0 Å². The van der Waals surface area contributed by atoms with Crippen LogP contribution in [0.1, 0.15) is 25.7 Å². The van der Waals surface area contributed by atoms with Crippen molar-refractivity contribution in [1.82, 2.24) is 0 Å². The summed E-state index contributed by atoms with van der Waals surface area (Å²) in [4.78, 5) is 25.1. The standard InChI is InChI=1S/C21H22ClNO6S/c1-28-18-10-9-15(13-17(18)22)23-19(24)14-29-20(25)21(11-5-6-12-21)30(26,27)16-7-3-2-4-8-16/h2-4,7-10,13H,5-6,11-12,14H2,1H3,(H,23,24). The van der Waals surface area contributed by atoms with Crippen LogP contribution < -0.4 is 10.1 Å². The molecule has 9 heteroatoms. The fourth-order valence-electron chi connectivity index (χ4n) is 3.56. The molecule has 1 amide bonds. The molecule has 0 unspecified atom stereocenters. The van der Waals surface area contributed by atoms with Gasteiger partial charge in [0.2, 0.25) is 0 Å². The number of esters is 1. The topological polar surface area (TPSA) is 98.8 Å². The molecule has 0 atom stereocenters. The van der Waals surface area contributed by atoms with Gasteiger partial charge in [-0.3, -0.25) is 9.59 Å². The van der Waals surface area contributed by atoms with Gasteiger partial charge in [-0.2, -0.15) is 0 Å². The van der Waals surface area contributed by atoms with E-state index in [1.165, 1.54) is 25.3 Å². The first-order valence-corrected chi connectivity index (χ1v) is 11.3. The summed E-state index contributed by atoms with van der Waals surface area (Å²) in [6, 6.07) is 12.5. The molecule has 0 spiro atoms. The van der Waals surface area contributed by atoms with E-state index in [-0.39, 0.29) is 17.7 Å². The Bertz CT molecular complexity index is 1030. The van der Waals surface area contributed by atoms with Crippen LogP contribution in [0.4, 0.5) is 5.69 Å². The van der Waals surface area contributed by atoms with Crippen LogP contribution in [0, 0.1) is 0 Å². The molecule has 7 nitrogen and oxygen atoms in total. The lowest BCUT2D eigenvalue weighted by Crippen LogP contribution is -2.46. The molecule has 2 aromatic rings. The lowest BCUT2D eigenvalue weighted by atomic mass is 10.1. The van der Waals surface area contributed by atoms with Crippen molar-refractivity contribution in [3.63, 3.8) is 0 Å². The van der Waals surface area contributed by atoms with Gasteiger partial charge in [-0.05, 0) is 43.2 Å². The van der Waals surface area contributed by atoms with Crippen molar-refractivity contribution >= 4 is 39.0 Å². The largest absolute Gasteiger partial charge is 0.495 e. The molecule has 1 N–H and O–H groups in total. The van der Waals surface area contributed by atoms with Gasteiger partial charge in [0.1, 0.15) is 5.75 Å². The molecule has 0 radical (unpaired) electrons. The van der Waals surface area contributed by atoms with Crippen molar-refractivity contribution in [2.24, 2.45) is 0 Å². The highest BCUT2D eigenvalue weighted by atomic mass is 35.5. The predicted molar refractivity (Wildman–Crippen MR) is 112 cm³/mol. The minimum atomic E-state index is -3.96. The Labute approximate surface area is 180 Å². The smallest absolute Gasteiger partial charge is 0.328 e. The first kappa shape index (κ1) is 22.1. The van der Waals surface area contributed by atoms with Crippen molar-refractivity contribution in [3.05, 3.63) is 53.6 Å². The van der Waals surface area contributed by atoms with Gasteiger partial charge in [-0.25, -0.2) is 8.42 Å². The molecule has 2 aromatic carbocycles. The van der Waals surface area contributed by atoms with Gasteiger partial charge in [-0.1, -0.05) is 42.6 Å². The third-order valence-electron chi connectivity index (χ3n) is 5.12. The highest BCUT2D eigenvalue weighted by molar-refractivity contribution is 7.93. The molecule has 1 fully saturated rings. The summed E-state index contributed by atoms with van der Waals surface area (Å²) in [6.07, 6.45) is 1.52. The zero-order valence-electron chi connectivity index (χ0n) is 16.4. The van der Waals surface area contributed by atoms with Crippen LogP contribution in [0.5, 0.6) is 5.75 Å². The molecule has 0 aromatic heterocycles. The SMILES string of the molecule is COc1ccc(NC(=O)COC(=O)C2(S(=O)(=O)c3ccccc3)CCCC2)cc1Cl. The number of benzene rings is 2. The Hall–Kier alpha value is -2.58. The minimum Gasteiger partial charge on any atom is -0.495 e. The summed E-state index contributed by atoms with van der Waals surface area (Å²) >= 11 is 6.02. The second-order valence-electron chi connectivity index (χ2n) is 6.99. The van der Waals surface area contributed by atoms with Crippen molar-refractivity contribution < 1.29 is 27.5 Å². The van der Waals surface area contributed by atoms with Gasteiger partial charge in [0, 0.05) is 5.69 Å². The van der Waals surface area contributed by atoms with E-state index in [1.54, 1.807) is 30.3 Å². The number of anilines is 1. The number of nitrogens with one attached hydrogen (secondary N) is 1. The maximum atomic E-state index is 13.2. The summed E-state index contributed by atoms with van der Waals surface area (Å²) in [5.41, 5.74) is 0.398. The van der Waals surface area contributed by atoms with Crippen LogP contribution >= 0.6 is 11.6 Å². The van der Waals surface area contributed by atoms with Crippen molar-refractivity contribution in [2.45, 2.75) is 35.3 Å². The average Bonchev–Trinajstić information content (AvgIpc) is 3.25. The van der Waals surface area contributed by atoms with Crippen LogP contribution in [0.3, 0.4) is 0 Å². The zero-order valence-corrected chi connectivity index (χ0v) is 18.0. The van der Waals surface area contributed by atoms with Gasteiger partial charge in [0.15, 0.2) is 21.2 Å². The van der Waals surface area contributed by atoms with E-state index in [4.69, 9.17) is 21.1 Å². The summed E-state index contributed by atoms with van der Waals surface area (Å²) in [7, 11) is -2.48. The zero-order chi connectivity index (χ0) is 21.8. The third-order valence-corrected chi connectivity index (χ3v) is 7.91. The van der Waals surface area contributed by atoms with Crippen LogP contribution in [-0.4, -0.2) is 38.8 Å². The molecule has 0 bridgehead atoms. The molecule has 30 heavy (non-hydrogen) atoms. The predicted octanol–water partition coefficient (Wildman–Crippen LogP) is 3.62. The lowest BCUT2D eigenvalue weighted by molar-refractivity contribution is -0.149. The number of amides is 1. The first-order chi connectivity index (χ1) is 14.3. The minimum absolute atomic E-state index is 0.0705. The van der Waals surface area contributed by atoms with Crippen molar-refractivity contribution in [1.29, 1.82) is 0 Å². The molecule has 0 aliphatic heterocycles. The number of rotatable bonds is 7. The first-order valence-electron chi connectivity index (χ1n) is 9.40.